The molecule has 0 aliphatic heterocycles. The molecular weight excluding hydrogens is 411 g/mol. The first-order valence-electron chi connectivity index (χ1n) is 9.15. The van der Waals surface area contributed by atoms with Crippen LogP contribution in [0, 0.1) is 6.92 Å². The highest BCUT2D eigenvalue weighted by atomic mass is 19.4. The molecule has 0 saturated carbocycles. The van der Waals surface area contributed by atoms with E-state index in [-0.39, 0.29) is 17.1 Å². The van der Waals surface area contributed by atoms with Crippen molar-refractivity contribution in [2.75, 3.05) is 17.2 Å². The molecule has 0 aliphatic rings. The van der Waals surface area contributed by atoms with Crippen LogP contribution in [-0.2, 0) is 15.7 Å². The molecule has 6 nitrogen and oxygen atoms in total. The predicted octanol–water partition coefficient (Wildman–Crippen LogP) is 4.95. The number of anilines is 3. The maximum atomic E-state index is 12.9. The quantitative estimate of drug-likeness (QED) is 0.542. The Bertz CT molecular complexity index is 1100. The summed E-state index contributed by atoms with van der Waals surface area (Å²) in [5.41, 5.74) is 0.748. The number of alkyl halides is 3. The molecule has 2 N–H and O–H groups in total. The van der Waals surface area contributed by atoms with Crippen molar-refractivity contribution < 1.29 is 27.5 Å². The van der Waals surface area contributed by atoms with Crippen LogP contribution in [0.25, 0.3) is 0 Å². The number of carbonyl (C=O) groups is 2. The Morgan fingerprint density at radius 2 is 1.74 bits per heavy atom. The van der Waals surface area contributed by atoms with Crippen LogP contribution >= 0.6 is 0 Å². The fourth-order valence-corrected chi connectivity index (χ4v) is 2.71. The molecule has 0 fully saturated rings. The summed E-state index contributed by atoms with van der Waals surface area (Å²) in [7, 11) is 0. The fraction of sp³-hybridized carbons (Fsp3) is 0.136. The molecule has 160 valence electrons. The number of ether oxygens (including phenoxy) is 1. The molecule has 0 aliphatic carbocycles. The SMILES string of the molecule is Cc1cccc(NC(=O)COC(=O)c2cccnc2Nc2cccc(C(F)(F)F)c2)c1. The molecule has 1 heterocycles. The van der Waals surface area contributed by atoms with Gasteiger partial charge in [-0.1, -0.05) is 18.2 Å². The molecule has 0 radical (unpaired) electrons. The number of benzene rings is 2. The third-order valence-electron chi connectivity index (χ3n) is 4.12. The number of hydrogen-bond acceptors (Lipinski definition) is 5. The molecule has 0 spiro atoms. The Labute approximate surface area is 176 Å². The summed E-state index contributed by atoms with van der Waals surface area (Å²) in [6.45, 7) is 1.34. The molecule has 3 rings (SSSR count). The Balaban J connectivity index is 1.67. The lowest BCUT2D eigenvalue weighted by Gasteiger charge is -2.13. The fourth-order valence-electron chi connectivity index (χ4n) is 2.71. The zero-order chi connectivity index (χ0) is 22.4. The van der Waals surface area contributed by atoms with Gasteiger partial charge in [0, 0.05) is 17.6 Å². The standard InChI is InChI=1S/C22H18F3N3O3/c1-14-5-2-7-16(11-14)27-19(29)13-31-21(30)18-9-4-10-26-20(18)28-17-8-3-6-15(12-17)22(23,24)25/h2-12H,13H2,1H3,(H,26,28)(H,27,29). The van der Waals surface area contributed by atoms with E-state index < -0.39 is 30.2 Å². The first-order valence-corrected chi connectivity index (χ1v) is 9.15. The largest absolute Gasteiger partial charge is 0.452 e. The van der Waals surface area contributed by atoms with E-state index in [4.69, 9.17) is 4.74 Å². The van der Waals surface area contributed by atoms with E-state index in [0.717, 1.165) is 17.7 Å². The van der Waals surface area contributed by atoms with E-state index in [9.17, 15) is 22.8 Å². The Morgan fingerprint density at radius 3 is 2.48 bits per heavy atom. The Morgan fingerprint density at radius 1 is 1.00 bits per heavy atom. The summed E-state index contributed by atoms with van der Waals surface area (Å²) >= 11 is 0. The van der Waals surface area contributed by atoms with Crippen LogP contribution < -0.4 is 10.6 Å². The predicted molar refractivity (Wildman–Crippen MR) is 109 cm³/mol. The topological polar surface area (TPSA) is 80.3 Å². The van der Waals surface area contributed by atoms with Crippen LogP contribution in [0.4, 0.5) is 30.4 Å². The number of aromatic nitrogens is 1. The van der Waals surface area contributed by atoms with Crippen molar-refractivity contribution in [1.29, 1.82) is 0 Å². The molecule has 0 saturated heterocycles. The maximum Gasteiger partial charge on any atom is 0.416 e. The monoisotopic (exact) mass is 429 g/mol. The number of amides is 1. The van der Waals surface area contributed by atoms with Gasteiger partial charge in [0.05, 0.1) is 5.56 Å². The van der Waals surface area contributed by atoms with E-state index in [1.165, 1.54) is 30.5 Å². The number of halogens is 3. The number of aryl methyl sites for hydroxylation is 1. The molecule has 0 unspecified atom stereocenters. The molecule has 0 bridgehead atoms. The van der Waals surface area contributed by atoms with Gasteiger partial charge in [0.1, 0.15) is 11.4 Å². The van der Waals surface area contributed by atoms with Crippen molar-refractivity contribution in [3.63, 3.8) is 0 Å². The highest BCUT2D eigenvalue weighted by molar-refractivity contribution is 5.98. The van der Waals surface area contributed by atoms with Crippen molar-refractivity contribution in [3.05, 3.63) is 83.6 Å². The minimum Gasteiger partial charge on any atom is -0.452 e. The van der Waals surface area contributed by atoms with Crippen molar-refractivity contribution in [2.45, 2.75) is 13.1 Å². The second-order valence-electron chi connectivity index (χ2n) is 6.60. The minimum absolute atomic E-state index is 0.00548. The Hall–Kier alpha value is -3.88. The van der Waals surface area contributed by atoms with Gasteiger partial charge in [-0.3, -0.25) is 4.79 Å². The van der Waals surface area contributed by atoms with Gasteiger partial charge in [0.2, 0.25) is 0 Å². The first kappa shape index (κ1) is 21.8. The van der Waals surface area contributed by atoms with E-state index in [2.05, 4.69) is 15.6 Å². The zero-order valence-corrected chi connectivity index (χ0v) is 16.4. The number of esters is 1. The van der Waals surface area contributed by atoms with Gasteiger partial charge >= 0.3 is 12.1 Å². The van der Waals surface area contributed by atoms with E-state index in [1.54, 1.807) is 18.2 Å². The zero-order valence-electron chi connectivity index (χ0n) is 16.4. The van der Waals surface area contributed by atoms with Gasteiger partial charge in [-0.25, -0.2) is 9.78 Å². The summed E-state index contributed by atoms with van der Waals surface area (Å²) in [5.74, 6) is -1.37. The first-order chi connectivity index (χ1) is 14.7. The van der Waals surface area contributed by atoms with Crippen LogP contribution in [0.1, 0.15) is 21.5 Å². The van der Waals surface area contributed by atoms with E-state index >= 15 is 0 Å². The van der Waals surface area contributed by atoms with Gasteiger partial charge in [0.15, 0.2) is 6.61 Å². The third kappa shape index (κ3) is 6.05. The third-order valence-corrected chi connectivity index (χ3v) is 4.12. The average molecular weight is 429 g/mol. The maximum absolute atomic E-state index is 12.9. The summed E-state index contributed by atoms with van der Waals surface area (Å²) in [6.07, 6.45) is -3.13. The summed E-state index contributed by atoms with van der Waals surface area (Å²) < 4.78 is 43.8. The lowest BCUT2D eigenvalue weighted by molar-refractivity contribution is -0.137. The number of hydrogen-bond donors (Lipinski definition) is 2. The van der Waals surface area contributed by atoms with Gasteiger partial charge in [0.25, 0.3) is 5.91 Å². The van der Waals surface area contributed by atoms with E-state index in [0.29, 0.717) is 5.69 Å². The van der Waals surface area contributed by atoms with E-state index in [1.807, 2.05) is 13.0 Å². The van der Waals surface area contributed by atoms with Crippen LogP contribution in [0.3, 0.4) is 0 Å². The number of nitrogens with one attached hydrogen (secondary N) is 2. The summed E-state index contributed by atoms with van der Waals surface area (Å²) in [4.78, 5) is 28.5. The second-order valence-corrected chi connectivity index (χ2v) is 6.60. The van der Waals surface area contributed by atoms with Crippen LogP contribution in [-0.4, -0.2) is 23.5 Å². The minimum atomic E-state index is -4.51. The lowest BCUT2D eigenvalue weighted by Crippen LogP contribution is -2.21. The van der Waals surface area contributed by atoms with Gasteiger partial charge in [-0.05, 0) is 55.0 Å². The van der Waals surface area contributed by atoms with Crippen LogP contribution in [0.5, 0.6) is 0 Å². The molecule has 2 aromatic carbocycles. The average Bonchev–Trinajstić information content (AvgIpc) is 2.72. The van der Waals surface area contributed by atoms with Crippen molar-refractivity contribution in [3.8, 4) is 0 Å². The number of nitrogens with zero attached hydrogens (tertiary/aromatic N) is 1. The van der Waals surface area contributed by atoms with Gasteiger partial charge in [-0.15, -0.1) is 0 Å². The van der Waals surface area contributed by atoms with Gasteiger partial charge in [-0.2, -0.15) is 13.2 Å². The molecule has 1 amide bonds. The molecule has 1 aromatic heterocycles. The molecule has 3 aromatic rings. The highest BCUT2D eigenvalue weighted by Crippen LogP contribution is 2.31. The van der Waals surface area contributed by atoms with Gasteiger partial charge < -0.3 is 15.4 Å². The number of pyridine rings is 1. The summed E-state index contributed by atoms with van der Waals surface area (Å²) in [6, 6.07) is 14.5. The second kappa shape index (κ2) is 9.29. The van der Waals surface area contributed by atoms with Crippen molar-refractivity contribution in [2.24, 2.45) is 0 Å². The van der Waals surface area contributed by atoms with Crippen molar-refractivity contribution >= 4 is 29.1 Å². The van der Waals surface area contributed by atoms with Crippen LogP contribution in [0.2, 0.25) is 0 Å². The summed E-state index contributed by atoms with van der Waals surface area (Å²) in [5, 5.41) is 5.30. The van der Waals surface area contributed by atoms with Crippen LogP contribution in [0.15, 0.2) is 66.9 Å². The molecule has 31 heavy (non-hydrogen) atoms. The molecule has 0 atom stereocenters. The smallest absolute Gasteiger partial charge is 0.416 e. The number of rotatable bonds is 6. The normalized spacial score (nSPS) is 11.0. The van der Waals surface area contributed by atoms with Crippen molar-refractivity contribution in [1.82, 2.24) is 4.98 Å². The highest BCUT2D eigenvalue weighted by Gasteiger charge is 2.30. The molecular formula is C22H18F3N3O3. The Kier molecular flexibility index (Phi) is 6.54. The molecule has 9 heteroatoms. The lowest BCUT2D eigenvalue weighted by atomic mass is 10.2. The number of carbonyl (C=O) groups excluding carboxylic acids is 2.